The summed E-state index contributed by atoms with van der Waals surface area (Å²) >= 11 is 4.91. The Hall–Kier alpha value is 0.477. The van der Waals surface area contributed by atoms with Gasteiger partial charge in [0.25, 0.3) is 0 Å². The van der Waals surface area contributed by atoms with E-state index >= 15 is 0 Å². The Morgan fingerprint density at radius 2 is 1.70 bits per heavy atom. The van der Waals surface area contributed by atoms with Crippen molar-refractivity contribution < 1.29 is 42.8 Å². The van der Waals surface area contributed by atoms with Crippen LogP contribution in [-0.2, 0) is 26.8 Å². The Bertz CT molecular complexity index is 453. The molecule has 0 amide bonds. The van der Waals surface area contributed by atoms with Crippen LogP contribution in [0.2, 0.25) is 6.04 Å². The molecule has 11 heteroatoms. The summed E-state index contributed by atoms with van der Waals surface area (Å²) in [6.07, 6.45) is 3.33. The van der Waals surface area contributed by atoms with Crippen LogP contribution >= 0.6 is 12.2 Å². The van der Waals surface area contributed by atoms with E-state index in [1.807, 2.05) is 20.8 Å². The molecule has 1 rings (SSSR count). The summed E-state index contributed by atoms with van der Waals surface area (Å²) in [5.41, 5.74) is 0. The van der Waals surface area contributed by atoms with Gasteiger partial charge in [0.05, 0.1) is 10.7 Å². The molecule has 0 spiro atoms. The molecular formula is C12H24N4NaO3S2Si-. The van der Waals surface area contributed by atoms with E-state index in [1.165, 1.54) is 0 Å². The molecule has 0 fully saturated rings. The first-order chi connectivity index (χ1) is 10.2. The van der Waals surface area contributed by atoms with Crippen molar-refractivity contribution in [1.29, 1.82) is 0 Å². The monoisotopic (exact) mass is 387 g/mol. The van der Waals surface area contributed by atoms with Crippen LogP contribution in [0.25, 0.3) is 0 Å². The molecule has 1 aromatic rings. The first kappa shape index (κ1) is 25.7. The number of hydrogen-bond donors (Lipinski definition) is 2. The fourth-order valence-electron chi connectivity index (χ4n) is 1.87. The molecular weight excluding hydrogens is 363 g/mol. The Balaban J connectivity index is 0. The molecule has 0 saturated carbocycles. The van der Waals surface area contributed by atoms with Gasteiger partial charge in [0.2, 0.25) is 0 Å². The fraction of sp³-hybridized carbons (Fsp3) is 0.750. The average molecular weight is 388 g/mol. The average Bonchev–Trinajstić information content (AvgIpc) is 2.45. The molecule has 0 bridgehead atoms. The number of hydrogen-bond acceptors (Lipinski definition) is 8. The molecule has 0 atom stereocenters. The Labute approximate surface area is 173 Å². The fourth-order valence-corrected chi connectivity index (χ4v) is 4.62. The van der Waals surface area contributed by atoms with Gasteiger partial charge in [-0.05, 0) is 27.2 Å². The third kappa shape index (κ3) is 10.1. The number of H-pyrrole nitrogens is 1. The van der Waals surface area contributed by atoms with Crippen molar-refractivity contribution in [2.45, 2.75) is 33.2 Å². The third-order valence-corrected chi connectivity index (χ3v) is 5.93. The zero-order valence-electron chi connectivity index (χ0n) is 14.2. The summed E-state index contributed by atoms with van der Waals surface area (Å²) in [4.78, 5) is 10.5. The van der Waals surface area contributed by atoms with Crippen LogP contribution in [0.3, 0.4) is 0 Å². The van der Waals surface area contributed by atoms with E-state index in [0.29, 0.717) is 37.1 Å². The maximum Gasteiger partial charge on any atom is 1.00 e. The number of anilines is 1. The third-order valence-electron chi connectivity index (χ3n) is 2.58. The summed E-state index contributed by atoms with van der Waals surface area (Å²) in [7, 11) is -2.56. The number of thiol groups is 1. The van der Waals surface area contributed by atoms with Crippen LogP contribution in [0.1, 0.15) is 27.2 Å². The number of rotatable bonds is 11. The molecule has 1 heterocycles. The van der Waals surface area contributed by atoms with Gasteiger partial charge in [0.15, 0.2) is 0 Å². The second-order valence-corrected chi connectivity index (χ2v) is 7.23. The van der Waals surface area contributed by atoms with Crippen LogP contribution in [-0.4, -0.2) is 50.1 Å². The van der Waals surface area contributed by atoms with Gasteiger partial charge in [-0.25, -0.2) is 0 Å². The molecule has 0 unspecified atom stereocenters. The number of aromatic amines is 1. The summed E-state index contributed by atoms with van der Waals surface area (Å²) in [5.74, 6) is 0.562. The van der Waals surface area contributed by atoms with Crippen molar-refractivity contribution in [3.8, 4) is 0 Å². The summed E-state index contributed by atoms with van der Waals surface area (Å²) in [6, 6.07) is 0.755. The first-order valence-corrected chi connectivity index (χ1v) is 9.50. The molecule has 0 saturated heterocycles. The number of aromatic nitrogens is 3. The van der Waals surface area contributed by atoms with E-state index < -0.39 is 8.80 Å². The summed E-state index contributed by atoms with van der Waals surface area (Å²) < 4.78 is 17.7. The molecule has 0 radical (unpaired) electrons. The molecule has 128 valence electrons. The van der Waals surface area contributed by atoms with Crippen LogP contribution in [0.4, 0.5) is 5.95 Å². The predicted octanol–water partition coefficient (Wildman–Crippen LogP) is -1.08. The van der Waals surface area contributed by atoms with Crippen LogP contribution < -0.4 is 34.9 Å². The molecule has 2 N–H and O–H groups in total. The molecule has 0 aliphatic carbocycles. The molecule has 1 aromatic heterocycles. The smallest absolute Gasteiger partial charge is 0.813 e. The molecule has 0 aliphatic heterocycles. The van der Waals surface area contributed by atoms with Crippen molar-refractivity contribution in [2.75, 3.05) is 31.7 Å². The number of nitrogens with one attached hydrogen (secondary N) is 2. The molecule has 0 aliphatic rings. The minimum atomic E-state index is -2.56. The quantitative estimate of drug-likeness (QED) is 0.124. The van der Waals surface area contributed by atoms with E-state index in [0.717, 1.165) is 12.5 Å². The van der Waals surface area contributed by atoms with E-state index in [1.54, 1.807) is 0 Å². The van der Waals surface area contributed by atoms with Gasteiger partial charge < -0.3 is 47.0 Å². The van der Waals surface area contributed by atoms with Gasteiger partial charge in [0.1, 0.15) is 0 Å². The van der Waals surface area contributed by atoms with Crippen molar-refractivity contribution in [3.05, 3.63) is 11.1 Å². The Morgan fingerprint density at radius 3 is 2.17 bits per heavy atom. The summed E-state index contributed by atoms with van der Waals surface area (Å²) in [5, 5.41) is 3.14. The standard InChI is InChI=1S/C12H23N4O3SSi.Na.H2S/c1-4-17-21(18-5-2,19-6-3)9-7-8-13-11-14-10-15-12(20)16-11;;/h4-9H2,1-3H3,(H2,13,14,15,16,20);;1H2/q-1;+1;/p-1. The zero-order valence-corrected chi connectivity index (χ0v) is 18.9. The SMILES string of the molecule is CCO[Si](CCCNc1n[c-]nc(=S)[nH]1)(OCC)OCC.[Na+].[SH-]. The largest absolute Gasteiger partial charge is 1.00 e. The van der Waals surface area contributed by atoms with Gasteiger partial charge in [-0.15, -0.1) is 12.2 Å². The molecule has 23 heavy (non-hydrogen) atoms. The topological polar surface area (TPSA) is 81.3 Å². The van der Waals surface area contributed by atoms with Gasteiger partial charge in [-0.1, -0.05) is 0 Å². The second-order valence-electron chi connectivity index (χ2n) is 4.11. The van der Waals surface area contributed by atoms with Gasteiger partial charge in [-0.2, -0.15) is 0 Å². The predicted molar refractivity (Wildman–Crippen MR) is 93.4 cm³/mol. The van der Waals surface area contributed by atoms with E-state index in [2.05, 4.69) is 26.6 Å². The minimum absolute atomic E-state index is 0. The first-order valence-electron chi connectivity index (χ1n) is 7.16. The van der Waals surface area contributed by atoms with E-state index in [4.69, 9.17) is 25.5 Å². The van der Waals surface area contributed by atoms with Crippen molar-refractivity contribution in [1.82, 2.24) is 15.0 Å². The van der Waals surface area contributed by atoms with Crippen LogP contribution in [0.5, 0.6) is 0 Å². The summed E-state index contributed by atoms with van der Waals surface area (Å²) in [6.45, 7) is 8.34. The Morgan fingerprint density at radius 1 is 1.13 bits per heavy atom. The Kier molecular flexibility index (Phi) is 16.5. The van der Waals surface area contributed by atoms with E-state index in [9.17, 15) is 0 Å². The van der Waals surface area contributed by atoms with Crippen molar-refractivity contribution in [2.24, 2.45) is 0 Å². The van der Waals surface area contributed by atoms with Crippen molar-refractivity contribution in [3.63, 3.8) is 0 Å². The van der Waals surface area contributed by atoms with Crippen molar-refractivity contribution >= 4 is 40.5 Å². The van der Waals surface area contributed by atoms with Gasteiger partial charge in [-0.3, -0.25) is 0 Å². The maximum absolute atomic E-state index is 5.79. The van der Waals surface area contributed by atoms with Crippen LogP contribution in [0.15, 0.2) is 0 Å². The molecule has 0 aromatic carbocycles. The second kappa shape index (κ2) is 14.8. The van der Waals surface area contributed by atoms with Gasteiger partial charge in [0, 0.05) is 38.7 Å². The molecule has 7 nitrogen and oxygen atoms in total. The maximum atomic E-state index is 5.79. The zero-order chi connectivity index (χ0) is 15.6. The van der Waals surface area contributed by atoms with E-state index in [-0.39, 0.29) is 43.1 Å². The van der Waals surface area contributed by atoms with Crippen LogP contribution in [0, 0.1) is 11.1 Å². The minimum Gasteiger partial charge on any atom is -0.813 e. The normalized spacial score (nSPS) is 10.6. The van der Waals surface area contributed by atoms with Gasteiger partial charge >= 0.3 is 38.4 Å². The number of nitrogens with zero attached hydrogens (tertiary/aromatic N) is 2.